The summed E-state index contributed by atoms with van der Waals surface area (Å²) in [6.45, 7) is 0.361. The Balaban J connectivity index is 1.80. The monoisotopic (exact) mass is 379 g/mol. The first-order valence-electron chi connectivity index (χ1n) is 8.29. The lowest BCUT2D eigenvalue weighted by Gasteiger charge is -2.19. The third-order valence-corrected chi connectivity index (χ3v) is 5.21. The highest BCUT2D eigenvalue weighted by Gasteiger charge is 2.24. The standard InChI is InChI=1S/C19H17N5O2S/c1-23-14(8-10-21-23)18(25)24(12-13-5-4-9-20-11-13)19-22-17-15(26-2)6-3-7-16(17)27-19/h3-11H,12H2,1-2H3. The molecule has 0 aliphatic heterocycles. The van der Waals surface area contributed by atoms with Crippen molar-refractivity contribution < 1.29 is 9.53 Å². The van der Waals surface area contributed by atoms with Gasteiger partial charge in [0.15, 0.2) is 5.13 Å². The van der Waals surface area contributed by atoms with Crippen molar-refractivity contribution in [2.24, 2.45) is 7.05 Å². The Morgan fingerprint density at radius 1 is 1.22 bits per heavy atom. The molecular formula is C19H17N5O2S. The summed E-state index contributed by atoms with van der Waals surface area (Å²) in [5.41, 5.74) is 2.15. The summed E-state index contributed by atoms with van der Waals surface area (Å²) in [5, 5.41) is 4.71. The van der Waals surface area contributed by atoms with Gasteiger partial charge in [-0.3, -0.25) is 19.4 Å². The van der Waals surface area contributed by atoms with Gasteiger partial charge >= 0.3 is 0 Å². The van der Waals surface area contributed by atoms with E-state index in [1.807, 2.05) is 30.3 Å². The number of nitrogens with zero attached hydrogens (tertiary/aromatic N) is 5. The molecule has 0 saturated carbocycles. The second-order valence-corrected chi connectivity index (χ2v) is 6.91. The summed E-state index contributed by atoms with van der Waals surface area (Å²) in [6, 6.07) is 11.2. The highest BCUT2D eigenvalue weighted by atomic mass is 32.1. The Bertz CT molecular complexity index is 1090. The van der Waals surface area contributed by atoms with Gasteiger partial charge in [-0.15, -0.1) is 0 Å². The van der Waals surface area contributed by atoms with E-state index in [0.29, 0.717) is 23.1 Å². The topological polar surface area (TPSA) is 73.1 Å². The number of methoxy groups -OCH3 is 1. The lowest BCUT2D eigenvalue weighted by molar-refractivity contribution is 0.0976. The maximum absolute atomic E-state index is 13.2. The maximum Gasteiger partial charge on any atom is 0.278 e. The van der Waals surface area contributed by atoms with Crippen molar-refractivity contribution in [2.45, 2.75) is 6.54 Å². The fraction of sp³-hybridized carbons (Fsp3) is 0.158. The second kappa shape index (κ2) is 7.16. The molecule has 4 aromatic rings. The summed E-state index contributed by atoms with van der Waals surface area (Å²) in [4.78, 5) is 23.7. The number of carbonyl (C=O) groups excluding carboxylic acids is 1. The van der Waals surface area contributed by atoms with Gasteiger partial charge < -0.3 is 4.74 Å². The number of carbonyl (C=O) groups is 1. The fourth-order valence-corrected chi connectivity index (χ4v) is 3.80. The number of aromatic nitrogens is 4. The van der Waals surface area contributed by atoms with E-state index in [0.717, 1.165) is 15.8 Å². The molecule has 0 N–H and O–H groups in total. The molecule has 8 heteroatoms. The van der Waals surface area contributed by atoms with Gasteiger partial charge in [0.25, 0.3) is 5.91 Å². The highest BCUT2D eigenvalue weighted by molar-refractivity contribution is 7.22. The zero-order valence-corrected chi connectivity index (χ0v) is 15.7. The molecule has 3 aromatic heterocycles. The predicted octanol–water partition coefficient (Wildman–Crippen LogP) is 3.28. The number of anilines is 1. The average Bonchev–Trinajstić information content (AvgIpc) is 3.32. The smallest absolute Gasteiger partial charge is 0.278 e. The Labute approximate surface area is 159 Å². The molecule has 0 atom stereocenters. The molecule has 0 bridgehead atoms. The number of para-hydroxylation sites is 1. The summed E-state index contributed by atoms with van der Waals surface area (Å²) in [6.07, 6.45) is 5.06. The van der Waals surface area contributed by atoms with Gasteiger partial charge in [-0.05, 0) is 29.8 Å². The van der Waals surface area contributed by atoms with Crippen molar-refractivity contribution in [3.63, 3.8) is 0 Å². The van der Waals surface area contributed by atoms with Crippen molar-refractivity contribution in [1.29, 1.82) is 0 Å². The molecule has 0 aliphatic rings. The van der Waals surface area contributed by atoms with Crippen molar-refractivity contribution in [2.75, 3.05) is 12.0 Å². The number of fused-ring (bicyclic) bond motifs is 1. The first-order valence-corrected chi connectivity index (χ1v) is 9.11. The van der Waals surface area contributed by atoms with Crippen LogP contribution in [0.3, 0.4) is 0 Å². The number of hydrogen-bond donors (Lipinski definition) is 0. The van der Waals surface area contributed by atoms with Gasteiger partial charge in [0.05, 0.1) is 18.4 Å². The minimum Gasteiger partial charge on any atom is -0.494 e. The molecule has 1 amide bonds. The zero-order valence-electron chi connectivity index (χ0n) is 14.9. The van der Waals surface area contributed by atoms with Crippen LogP contribution in [0.2, 0.25) is 0 Å². The van der Waals surface area contributed by atoms with Crippen molar-refractivity contribution >= 4 is 32.6 Å². The minimum atomic E-state index is -0.170. The van der Waals surface area contributed by atoms with E-state index in [-0.39, 0.29) is 5.91 Å². The van der Waals surface area contributed by atoms with Crippen LogP contribution >= 0.6 is 11.3 Å². The largest absolute Gasteiger partial charge is 0.494 e. The summed E-state index contributed by atoms with van der Waals surface area (Å²) in [5.74, 6) is 0.515. The Morgan fingerprint density at radius 2 is 2.11 bits per heavy atom. The van der Waals surface area contributed by atoms with Crippen LogP contribution in [-0.4, -0.2) is 32.8 Å². The molecule has 3 heterocycles. The van der Waals surface area contributed by atoms with Crippen molar-refractivity contribution in [3.8, 4) is 5.75 Å². The number of aryl methyl sites for hydroxylation is 1. The number of amides is 1. The minimum absolute atomic E-state index is 0.170. The summed E-state index contributed by atoms with van der Waals surface area (Å²) < 4.78 is 7.93. The van der Waals surface area contributed by atoms with Crippen LogP contribution < -0.4 is 9.64 Å². The van der Waals surface area contributed by atoms with Gasteiger partial charge in [-0.2, -0.15) is 5.10 Å². The van der Waals surface area contributed by atoms with E-state index in [1.165, 1.54) is 11.3 Å². The molecule has 0 aliphatic carbocycles. The van der Waals surface area contributed by atoms with E-state index in [1.54, 1.807) is 48.4 Å². The summed E-state index contributed by atoms with van der Waals surface area (Å²) in [7, 11) is 3.36. The molecule has 0 radical (unpaired) electrons. The van der Waals surface area contributed by atoms with Crippen LogP contribution in [-0.2, 0) is 13.6 Å². The van der Waals surface area contributed by atoms with Crippen LogP contribution in [0.1, 0.15) is 16.1 Å². The average molecular weight is 379 g/mol. The molecule has 0 fully saturated rings. The molecule has 27 heavy (non-hydrogen) atoms. The van der Waals surface area contributed by atoms with Crippen molar-refractivity contribution in [3.05, 3.63) is 66.2 Å². The second-order valence-electron chi connectivity index (χ2n) is 5.90. The number of ether oxygens (including phenoxy) is 1. The first-order chi connectivity index (χ1) is 13.2. The van der Waals surface area contributed by atoms with Gasteiger partial charge in [0.1, 0.15) is 17.0 Å². The number of rotatable bonds is 5. The first kappa shape index (κ1) is 17.2. The number of thiazole rings is 1. The lowest BCUT2D eigenvalue weighted by atomic mass is 10.2. The maximum atomic E-state index is 13.2. The van der Waals surface area contributed by atoms with Crippen LogP contribution in [0.25, 0.3) is 10.2 Å². The highest BCUT2D eigenvalue weighted by Crippen LogP contribution is 2.35. The van der Waals surface area contributed by atoms with E-state index in [4.69, 9.17) is 4.74 Å². The number of benzene rings is 1. The quantitative estimate of drug-likeness (QED) is 0.532. The van der Waals surface area contributed by atoms with E-state index in [9.17, 15) is 4.79 Å². The number of pyridine rings is 1. The van der Waals surface area contributed by atoms with Gasteiger partial charge in [0, 0.05) is 25.6 Å². The van der Waals surface area contributed by atoms with E-state index < -0.39 is 0 Å². The predicted molar refractivity (Wildman–Crippen MR) is 104 cm³/mol. The number of hydrogen-bond acceptors (Lipinski definition) is 6. The van der Waals surface area contributed by atoms with E-state index in [2.05, 4.69) is 15.1 Å². The van der Waals surface area contributed by atoms with E-state index >= 15 is 0 Å². The normalized spacial score (nSPS) is 10.9. The molecule has 136 valence electrons. The third-order valence-electron chi connectivity index (χ3n) is 4.17. The van der Waals surface area contributed by atoms with Crippen LogP contribution in [0.5, 0.6) is 5.75 Å². The SMILES string of the molecule is COc1cccc2sc(N(Cc3cccnc3)C(=O)c3ccnn3C)nc12. The van der Waals surface area contributed by atoms with Crippen LogP contribution in [0.4, 0.5) is 5.13 Å². The van der Waals surface area contributed by atoms with Gasteiger partial charge in [-0.25, -0.2) is 4.98 Å². The van der Waals surface area contributed by atoms with Gasteiger partial charge in [0.2, 0.25) is 0 Å². The lowest BCUT2D eigenvalue weighted by Crippen LogP contribution is -2.31. The Hall–Kier alpha value is -3.26. The van der Waals surface area contributed by atoms with Crippen molar-refractivity contribution in [1.82, 2.24) is 19.7 Å². The molecule has 0 unspecified atom stereocenters. The molecule has 0 spiro atoms. The Morgan fingerprint density at radius 3 is 2.81 bits per heavy atom. The fourth-order valence-electron chi connectivity index (χ4n) is 2.81. The molecule has 1 aromatic carbocycles. The van der Waals surface area contributed by atoms with Gasteiger partial charge in [-0.1, -0.05) is 23.5 Å². The molecule has 0 saturated heterocycles. The summed E-state index contributed by atoms with van der Waals surface area (Å²) >= 11 is 1.45. The third kappa shape index (κ3) is 3.26. The zero-order chi connectivity index (χ0) is 18.8. The molecular weight excluding hydrogens is 362 g/mol. The van der Waals surface area contributed by atoms with Crippen LogP contribution in [0, 0.1) is 0 Å². The molecule has 7 nitrogen and oxygen atoms in total. The molecule has 4 rings (SSSR count). The van der Waals surface area contributed by atoms with Crippen LogP contribution in [0.15, 0.2) is 55.0 Å². The Kier molecular flexibility index (Phi) is 4.55.